The lowest BCUT2D eigenvalue weighted by molar-refractivity contribution is 0.0227. The SMILES string of the molecule is CCC1(CC)C[C@@H](NC(=O)c2ccc(CN3CCc4ccccc4C3)cc2)c2ccccc2O1. The van der Waals surface area contributed by atoms with Gasteiger partial charge in [0.25, 0.3) is 5.91 Å². The summed E-state index contributed by atoms with van der Waals surface area (Å²) in [4.78, 5) is 15.7. The first-order valence-corrected chi connectivity index (χ1v) is 12.6. The second-order valence-corrected chi connectivity index (χ2v) is 9.69. The number of rotatable bonds is 6. The fraction of sp³-hybridized carbons (Fsp3) is 0.367. The van der Waals surface area contributed by atoms with Crippen LogP contribution in [0.4, 0.5) is 0 Å². The fourth-order valence-electron chi connectivity index (χ4n) is 5.38. The van der Waals surface area contributed by atoms with E-state index in [2.05, 4.69) is 66.5 Å². The molecule has 3 aromatic rings. The summed E-state index contributed by atoms with van der Waals surface area (Å²) in [6.45, 7) is 7.28. The zero-order valence-electron chi connectivity index (χ0n) is 20.2. The topological polar surface area (TPSA) is 41.6 Å². The predicted molar refractivity (Wildman–Crippen MR) is 136 cm³/mol. The third kappa shape index (κ3) is 4.60. The molecule has 2 aliphatic rings. The summed E-state index contributed by atoms with van der Waals surface area (Å²) in [5, 5.41) is 3.30. The Hall–Kier alpha value is -3.11. The molecule has 0 unspecified atom stereocenters. The maximum atomic E-state index is 13.2. The Morgan fingerprint density at radius 1 is 0.971 bits per heavy atom. The maximum Gasteiger partial charge on any atom is 0.251 e. The van der Waals surface area contributed by atoms with E-state index in [1.54, 1.807) is 0 Å². The van der Waals surface area contributed by atoms with Crippen molar-refractivity contribution in [2.75, 3.05) is 6.54 Å². The van der Waals surface area contributed by atoms with Crippen LogP contribution in [0.2, 0.25) is 0 Å². The Balaban J connectivity index is 1.26. The monoisotopic (exact) mass is 454 g/mol. The molecular formula is C30H34N2O2. The quantitative estimate of drug-likeness (QED) is 0.492. The highest BCUT2D eigenvalue weighted by atomic mass is 16.5. The Morgan fingerprint density at radius 3 is 2.44 bits per heavy atom. The number of amides is 1. The number of carbonyl (C=O) groups excluding carboxylic acids is 1. The molecule has 0 saturated heterocycles. The van der Waals surface area contributed by atoms with Gasteiger partial charge in [-0.2, -0.15) is 0 Å². The van der Waals surface area contributed by atoms with Crippen molar-refractivity contribution in [3.8, 4) is 5.75 Å². The van der Waals surface area contributed by atoms with Crippen LogP contribution in [-0.2, 0) is 19.5 Å². The molecule has 2 heterocycles. The lowest BCUT2D eigenvalue weighted by atomic mass is 9.83. The number of hydrogen-bond donors (Lipinski definition) is 1. The van der Waals surface area contributed by atoms with Gasteiger partial charge in [0, 0.05) is 37.2 Å². The Kier molecular flexibility index (Phi) is 6.42. The summed E-state index contributed by atoms with van der Waals surface area (Å²) in [5.74, 6) is 0.863. The predicted octanol–water partition coefficient (Wildman–Crippen LogP) is 6.06. The zero-order chi connectivity index (χ0) is 23.5. The molecule has 4 nitrogen and oxygen atoms in total. The summed E-state index contributed by atoms with van der Waals surface area (Å²) in [6, 6.07) is 24.9. The van der Waals surface area contributed by atoms with Crippen molar-refractivity contribution in [1.82, 2.24) is 10.2 Å². The second-order valence-electron chi connectivity index (χ2n) is 9.69. The van der Waals surface area contributed by atoms with E-state index in [1.807, 2.05) is 30.3 Å². The summed E-state index contributed by atoms with van der Waals surface area (Å²) in [6.07, 6.45) is 3.72. The van der Waals surface area contributed by atoms with E-state index in [1.165, 1.54) is 16.7 Å². The number of carbonyl (C=O) groups is 1. The van der Waals surface area contributed by atoms with Gasteiger partial charge in [0.05, 0.1) is 6.04 Å². The highest BCUT2D eigenvalue weighted by Gasteiger charge is 2.39. The smallest absolute Gasteiger partial charge is 0.251 e. The Morgan fingerprint density at radius 2 is 1.68 bits per heavy atom. The molecule has 0 aliphatic carbocycles. The van der Waals surface area contributed by atoms with Crippen molar-refractivity contribution in [3.05, 3.63) is 101 Å². The van der Waals surface area contributed by atoms with Crippen LogP contribution >= 0.6 is 0 Å². The molecule has 0 bridgehead atoms. The molecule has 1 atom stereocenters. The van der Waals surface area contributed by atoms with Crippen LogP contribution < -0.4 is 10.1 Å². The van der Waals surface area contributed by atoms with E-state index < -0.39 is 0 Å². The largest absolute Gasteiger partial charge is 0.487 e. The number of ether oxygens (including phenoxy) is 1. The van der Waals surface area contributed by atoms with E-state index in [-0.39, 0.29) is 17.6 Å². The van der Waals surface area contributed by atoms with Crippen LogP contribution in [0, 0.1) is 0 Å². The third-order valence-corrected chi connectivity index (χ3v) is 7.62. The van der Waals surface area contributed by atoms with Gasteiger partial charge in [-0.3, -0.25) is 9.69 Å². The molecule has 34 heavy (non-hydrogen) atoms. The number of fused-ring (bicyclic) bond motifs is 2. The van der Waals surface area contributed by atoms with Gasteiger partial charge < -0.3 is 10.1 Å². The highest BCUT2D eigenvalue weighted by Crippen LogP contribution is 2.42. The molecule has 0 fully saturated rings. The van der Waals surface area contributed by atoms with Crippen molar-refractivity contribution in [1.29, 1.82) is 0 Å². The molecule has 1 amide bonds. The molecule has 4 heteroatoms. The van der Waals surface area contributed by atoms with E-state index in [4.69, 9.17) is 4.74 Å². The minimum atomic E-state index is -0.233. The number of benzene rings is 3. The molecular weight excluding hydrogens is 420 g/mol. The van der Waals surface area contributed by atoms with Gasteiger partial charge >= 0.3 is 0 Å². The van der Waals surface area contributed by atoms with Crippen molar-refractivity contribution >= 4 is 5.91 Å². The standard InChI is InChI=1S/C30H34N2O2/c1-3-30(4-2)19-27(26-11-7-8-12-28(26)34-30)31-29(33)24-15-13-22(14-16-24)20-32-18-17-23-9-5-6-10-25(23)21-32/h5-16,27H,3-4,17-21H2,1-2H3,(H,31,33)/t27-/m1/s1. The first-order chi connectivity index (χ1) is 16.6. The number of nitrogens with one attached hydrogen (secondary N) is 1. The molecule has 0 spiro atoms. The Bertz CT molecular complexity index is 1150. The Labute approximate surface area is 202 Å². The van der Waals surface area contributed by atoms with E-state index in [0.29, 0.717) is 5.56 Å². The van der Waals surface area contributed by atoms with Crippen LogP contribution in [0.5, 0.6) is 5.75 Å². The first-order valence-electron chi connectivity index (χ1n) is 12.6. The lowest BCUT2D eigenvalue weighted by Crippen LogP contribution is -2.44. The molecule has 176 valence electrons. The maximum absolute atomic E-state index is 13.2. The zero-order valence-corrected chi connectivity index (χ0v) is 20.2. The number of para-hydroxylation sites is 1. The molecule has 0 radical (unpaired) electrons. The minimum Gasteiger partial charge on any atom is -0.487 e. The summed E-state index contributed by atoms with van der Waals surface area (Å²) in [7, 11) is 0. The fourth-order valence-corrected chi connectivity index (χ4v) is 5.38. The third-order valence-electron chi connectivity index (χ3n) is 7.62. The normalized spacial score (nSPS) is 18.9. The average molecular weight is 455 g/mol. The summed E-state index contributed by atoms with van der Waals surface area (Å²) < 4.78 is 6.39. The van der Waals surface area contributed by atoms with E-state index >= 15 is 0 Å². The minimum absolute atomic E-state index is 0.0266. The molecule has 0 saturated carbocycles. The van der Waals surface area contributed by atoms with Crippen LogP contribution in [0.1, 0.15) is 71.8 Å². The molecule has 0 aromatic heterocycles. The average Bonchev–Trinajstić information content (AvgIpc) is 2.89. The van der Waals surface area contributed by atoms with Gasteiger partial charge in [-0.15, -0.1) is 0 Å². The lowest BCUT2D eigenvalue weighted by Gasteiger charge is -2.41. The van der Waals surface area contributed by atoms with Crippen molar-refractivity contribution < 1.29 is 9.53 Å². The second kappa shape index (κ2) is 9.63. The van der Waals surface area contributed by atoms with Gasteiger partial charge in [-0.05, 0) is 54.2 Å². The molecule has 5 rings (SSSR count). The summed E-state index contributed by atoms with van der Waals surface area (Å²) >= 11 is 0. The van der Waals surface area contributed by atoms with Gasteiger partial charge in [-0.25, -0.2) is 0 Å². The number of hydrogen-bond acceptors (Lipinski definition) is 3. The van der Waals surface area contributed by atoms with Crippen LogP contribution in [0.3, 0.4) is 0 Å². The first kappa shape index (κ1) is 22.7. The van der Waals surface area contributed by atoms with Gasteiger partial charge in [-0.1, -0.05) is 68.4 Å². The highest BCUT2D eigenvalue weighted by molar-refractivity contribution is 5.94. The van der Waals surface area contributed by atoms with Crippen molar-refractivity contribution in [2.45, 2.75) is 64.3 Å². The molecule has 1 N–H and O–H groups in total. The number of nitrogens with zero attached hydrogens (tertiary/aromatic N) is 1. The summed E-state index contributed by atoms with van der Waals surface area (Å²) in [5.41, 5.74) is 5.67. The molecule has 3 aromatic carbocycles. The van der Waals surface area contributed by atoms with Crippen LogP contribution in [0.25, 0.3) is 0 Å². The van der Waals surface area contributed by atoms with Gasteiger partial charge in [0.1, 0.15) is 11.4 Å². The van der Waals surface area contributed by atoms with Gasteiger partial charge in [0.2, 0.25) is 0 Å². The van der Waals surface area contributed by atoms with Crippen LogP contribution in [-0.4, -0.2) is 23.0 Å². The van der Waals surface area contributed by atoms with E-state index in [9.17, 15) is 4.79 Å². The van der Waals surface area contributed by atoms with Crippen molar-refractivity contribution in [3.63, 3.8) is 0 Å². The van der Waals surface area contributed by atoms with Crippen LogP contribution in [0.15, 0.2) is 72.8 Å². The van der Waals surface area contributed by atoms with Crippen molar-refractivity contribution in [2.24, 2.45) is 0 Å². The van der Waals surface area contributed by atoms with E-state index in [0.717, 1.165) is 56.6 Å². The molecule has 2 aliphatic heterocycles. The van der Waals surface area contributed by atoms with Gasteiger partial charge in [0.15, 0.2) is 0 Å².